The summed E-state index contributed by atoms with van der Waals surface area (Å²) in [5.41, 5.74) is 3.16. The van der Waals surface area contributed by atoms with E-state index in [4.69, 9.17) is 10.00 Å². The second kappa shape index (κ2) is 12.9. The van der Waals surface area contributed by atoms with Crippen molar-refractivity contribution in [2.45, 2.75) is 45.6 Å². The maximum atomic E-state index is 12.4. The van der Waals surface area contributed by atoms with Gasteiger partial charge in [0.1, 0.15) is 0 Å². The molecule has 2 aromatic carbocycles. The molecule has 0 saturated carbocycles. The minimum Gasteiger partial charge on any atom is -0.466 e. The van der Waals surface area contributed by atoms with Gasteiger partial charge in [-0.05, 0) is 37.0 Å². The number of rotatable bonds is 11. The van der Waals surface area contributed by atoms with E-state index < -0.39 is 17.9 Å². The zero-order valence-corrected chi connectivity index (χ0v) is 18.5. The zero-order chi connectivity index (χ0) is 23.3. The molecular formula is C25H29N3O4. The zero-order valence-electron chi connectivity index (χ0n) is 18.5. The summed E-state index contributed by atoms with van der Waals surface area (Å²) in [6, 6.07) is 17.5. The van der Waals surface area contributed by atoms with E-state index in [0.717, 1.165) is 21.6 Å². The predicted octanol–water partition coefficient (Wildman–Crippen LogP) is 3.44. The fourth-order valence-electron chi connectivity index (χ4n) is 3.30. The van der Waals surface area contributed by atoms with Gasteiger partial charge in [-0.15, -0.1) is 0 Å². The summed E-state index contributed by atoms with van der Waals surface area (Å²) in [6.07, 6.45) is 2.17. The van der Waals surface area contributed by atoms with Crippen molar-refractivity contribution >= 4 is 17.8 Å². The molecule has 168 valence electrons. The van der Waals surface area contributed by atoms with Crippen LogP contribution in [0.25, 0.3) is 11.1 Å². The first kappa shape index (κ1) is 24.6. The predicted molar refractivity (Wildman–Crippen MR) is 121 cm³/mol. The molecule has 0 heterocycles. The fourth-order valence-corrected chi connectivity index (χ4v) is 3.30. The number of carbonyl (C=O) groups excluding carboxylic acids is 3. The Labute approximate surface area is 189 Å². The van der Waals surface area contributed by atoms with Crippen LogP contribution in [-0.2, 0) is 25.5 Å². The van der Waals surface area contributed by atoms with Gasteiger partial charge in [-0.25, -0.2) is 4.90 Å². The minimum absolute atomic E-state index is 0.0350. The number of carbonyl (C=O) groups is 3. The number of hydrogen-bond acceptors (Lipinski definition) is 5. The lowest BCUT2D eigenvalue weighted by Crippen LogP contribution is -2.39. The van der Waals surface area contributed by atoms with Crippen molar-refractivity contribution in [2.75, 3.05) is 13.2 Å². The van der Waals surface area contributed by atoms with Crippen LogP contribution in [0.4, 0.5) is 0 Å². The van der Waals surface area contributed by atoms with Gasteiger partial charge in [-0.3, -0.25) is 14.4 Å². The molecule has 2 amide bonds. The third kappa shape index (κ3) is 7.88. The third-order valence-corrected chi connectivity index (χ3v) is 4.93. The summed E-state index contributed by atoms with van der Waals surface area (Å²) >= 11 is 0. The summed E-state index contributed by atoms with van der Waals surface area (Å²) in [7, 11) is 0. The maximum absolute atomic E-state index is 12.4. The lowest BCUT2D eigenvalue weighted by Gasteiger charge is -2.19. The van der Waals surface area contributed by atoms with E-state index in [2.05, 4.69) is 5.32 Å². The highest BCUT2D eigenvalue weighted by atomic mass is 16.5. The van der Waals surface area contributed by atoms with Crippen LogP contribution in [0.2, 0.25) is 0 Å². The average Bonchev–Trinajstić information content (AvgIpc) is 2.79. The Morgan fingerprint density at radius 1 is 1.00 bits per heavy atom. The normalized spacial score (nSPS) is 11.2. The van der Waals surface area contributed by atoms with E-state index in [1.165, 1.54) is 0 Å². The summed E-state index contributed by atoms with van der Waals surface area (Å²) in [4.78, 5) is 37.4. The maximum Gasteiger partial charge on any atom is 0.307 e. The van der Waals surface area contributed by atoms with E-state index in [9.17, 15) is 14.4 Å². The number of esters is 1. The van der Waals surface area contributed by atoms with Gasteiger partial charge in [-0.2, -0.15) is 5.26 Å². The van der Waals surface area contributed by atoms with Gasteiger partial charge < -0.3 is 10.1 Å². The number of nitrogens with zero attached hydrogens (tertiary/aromatic N) is 2. The van der Waals surface area contributed by atoms with Crippen LogP contribution in [0.5, 0.6) is 0 Å². The van der Waals surface area contributed by atoms with Crippen molar-refractivity contribution in [3.8, 4) is 17.3 Å². The van der Waals surface area contributed by atoms with Gasteiger partial charge in [0, 0.05) is 25.4 Å². The van der Waals surface area contributed by atoms with Gasteiger partial charge >= 0.3 is 5.97 Å². The average molecular weight is 436 g/mol. The van der Waals surface area contributed by atoms with Crippen molar-refractivity contribution < 1.29 is 19.1 Å². The quantitative estimate of drug-likeness (QED) is 0.331. The molecular weight excluding hydrogens is 406 g/mol. The fraction of sp³-hybridized carbons (Fsp3) is 0.360. The van der Waals surface area contributed by atoms with Crippen LogP contribution < -0.4 is 5.32 Å². The molecule has 2 rings (SSSR count). The number of hydrogen-bond donors (Lipinski definition) is 1. The van der Waals surface area contributed by atoms with E-state index in [1.54, 1.807) is 20.0 Å². The first-order valence-electron chi connectivity index (χ1n) is 10.8. The number of nitrogens with one attached hydrogen (secondary N) is 1. The summed E-state index contributed by atoms with van der Waals surface area (Å²) in [5, 5.41) is 11.8. The minimum atomic E-state index is -0.461. The molecule has 1 atom stereocenters. The van der Waals surface area contributed by atoms with Gasteiger partial charge in [-0.1, -0.05) is 54.6 Å². The van der Waals surface area contributed by atoms with Crippen LogP contribution in [-0.4, -0.2) is 41.9 Å². The lowest BCUT2D eigenvalue weighted by molar-refractivity contribution is -0.144. The third-order valence-electron chi connectivity index (χ3n) is 4.93. The first-order chi connectivity index (χ1) is 15.5. The highest BCUT2D eigenvalue weighted by Gasteiger charge is 2.19. The Morgan fingerprint density at radius 3 is 2.25 bits per heavy atom. The summed E-state index contributed by atoms with van der Waals surface area (Å²) in [6.45, 7) is 3.95. The summed E-state index contributed by atoms with van der Waals surface area (Å²) in [5.74, 6) is -1.14. The SMILES string of the molecule is CCOC(=O)CC(Cc1ccc(-c2ccccc2)cc1)NC(=O)CCC(=O)N(C#N)CC. The Bertz CT molecular complexity index is 936. The molecule has 0 spiro atoms. The molecule has 0 saturated heterocycles. The van der Waals surface area contributed by atoms with Crippen molar-refractivity contribution in [3.63, 3.8) is 0 Å². The number of ether oxygens (including phenoxy) is 1. The molecule has 0 aliphatic heterocycles. The Kier molecular flexibility index (Phi) is 9.92. The molecule has 0 aliphatic carbocycles. The highest BCUT2D eigenvalue weighted by Crippen LogP contribution is 2.20. The van der Waals surface area contributed by atoms with E-state index in [0.29, 0.717) is 6.42 Å². The van der Waals surface area contributed by atoms with Crippen LogP contribution in [0, 0.1) is 11.5 Å². The monoisotopic (exact) mass is 435 g/mol. The van der Waals surface area contributed by atoms with Gasteiger partial charge in [0.25, 0.3) is 0 Å². The molecule has 0 aliphatic rings. The topological polar surface area (TPSA) is 99.5 Å². The van der Waals surface area contributed by atoms with Crippen LogP contribution in [0.1, 0.15) is 38.7 Å². The van der Waals surface area contributed by atoms with Crippen molar-refractivity contribution in [1.29, 1.82) is 5.26 Å². The largest absolute Gasteiger partial charge is 0.466 e. The van der Waals surface area contributed by atoms with Crippen LogP contribution >= 0.6 is 0 Å². The molecule has 0 radical (unpaired) electrons. The van der Waals surface area contributed by atoms with Gasteiger partial charge in [0.2, 0.25) is 11.8 Å². The van der Waals surface area contributed by atoms with E-state index in [1.807, 2.05) is 54.6 Å². The Morgan fingerprint density at radius 2 is 1.66 bits per heavy atom. The first-order valence-corrected chi connectivity index (χ1v) is 10.8. The summed E-state index contributed by atoms with van der Waals surface area (Å²) < 4.78 is 5.04. The molecule has 7 nitrogen and oxygen atoms in total. The van der Waals surface area contributed by atoms with Gasteiger partial charge in [0.15, 0.2) is 6.19 Å². The van der Waals surface area contributed by atoms with Crippen molar-refractivity contribution in [3.05, 3.63) is 60.2 Å². The molecule has 2 aromatic rings. The number of amides is 2. The number of nitriles is 1. The second-order valence-corrected chi connectivity index (χ2v) is 7.28. The van der Waals surface area contributed by atoms with E-state index >= 15 is 0 Å². The van der Waals surface area contributed by atoms with Gasteiger partial charge in [0.05, 0.1) is 13.0 Å². The molecule has 1 unspecified atom stereocenters. The molecule has 1 N–H and O–H groups in total. The van der Waals surface area contributed by atoms with Crippen molar-refractivity contribution in [1.82, 2.24) is 10.2 Å². The standard InChI is InChI=1S/C25H29N3O4/c1-3-28(18-26)24(30)15-14-23(29)27-22(17-25(31)32-4-2)16-19-10-12-21(13-11-19)20-8-6-5-7-9-20/h5-13,22H,3-4,14-17H2,1-2H3,(H,27,29). The number of benzene rings is 2. The molecule has 0 bridgehead atoms. The molecule has 0 fully saturated rings. The van der Waals surface area contributed by atoms with Crippen LogP contribution in [0.15, 0.2) is 54.6 Å². The molecule has 32 heavy (non-hydrogen) atoms. The molecule has 7 heteroatoms. The lowest BCUT2D eigenvalue weighted by atomic mass is 9.99. The van der Waals surface area contributed by atoms with Crippen molar-refractivity contribution in [2.24, 2.45) is 0 Å². The molecule has 0 aromatic heterocycles. The highest BCUT2D eigenvalue weighted by molar-refractivity contribution is 5.85. The van der Waals surface area contributed by atoms with Crippen LogP contribution in [0.3, 0.4) is 0 Å². The second-order valence-electron chi connectivity index (χ2n) is 7.28. The Hall–Kier alpha value is -3.66. The Balaban J connectivity index is 2.01. The smallest absolute Gasteiger partial charge is 0.307 e. The van der Waals surface area contributed by atoms with E-state index in [-0.39, 0.29) is 38.3 Å².